The number of benzene rings is 2. The van der Waals surface area contributed by atoms with Crippen LogP contribution in [-0.2, 0) is 16.1 Å². The average molecular weight is 429 g/mol. The van der Waals surface area contributed by atoms with E-state index in [1.807, 2.05) is 52.8 Å². The first-order chi connectivity index (χ1) is 14.7. The van der Waals surface area contributed by atoms with Gasteiger partial charge in [-0.1, -0.05) is 32.0 Å². The largest absolute Gasteiger partial charge is 0.484 e. The molecule has 2 atom stereocenters. The van der Waals surface area contributed by atoms with Gasteiger partial charge >= 0.3 is 0 Å². The van der Waals surface area contributed by atoms with E-state index in [0.29, 0.717) is 12.2 Å². The van der Waals surface area contributed by atoms with E-state index in [1.54, 1.807) is 12.1 Å². The molecule has 0 spiro atoms. The molecule has 168 valence electrons. The minimum atomic E-state index is -0.644. The lowest BCUT2D eigenvalue weighted by molar-refractivity contribution is -0.143. The van der Waals surface area contributed by atoms with Crippen molar-refractivity contribution in [2.75, 3.05) is 6.61 Å². The summed E-state index contributed by atoms with van der Waals surface area (Å²) in [4.78, 5) is 27.6. The Morgan fingerprint density at radius 3 is 2.19 bits per heavy atom. The highest BCUT2D eigenvalue weighted by Gasteiger charge is 2.29. The van der Waals surface area contributed by atoms with Crippen LogP contribution in [0, 0.1) is 19.7 Å². The number of halogens is 1. The Balaban J connectivity index is 2.22. The number of carbonyl (C=O) groups excluding carboxylic acids is 2. The van der Waals surface area contributed by atoms with Gasteiger partial charge in [0.15, 0.2) is 6.61 Å². The molecule has 0 saturated carbocycles. The number of nitrogens with zero attached hydrogens (tertiary/aromatic N) is 1. The second-order valence-corrected chi connectivity index (χ2v) is 8.00. The molecule has 6 heteroatoms. The highest BCUT2D eigenvalue weighted by atomic mass is 19.1. The summed E-state index contributed by atoms with van der Waals surface area (Å²) in [6, 6.07) is 11.1. The zero-order chi connectivity index (χ0) is 23.0. The summed E-state index contributed by atoms with van der Waals surface area (Å²) in [5.74, 6) is -0.223. The van der Waals surface area contributed by atoms with Crippen molar-refractivity contribution in [2.45, 2.75) is 66.1 Å². The fraction of sp³-hybridized carbons (Fsp3) is 0.440. The van der Waals surface area contributed by atoms with Crippen LogP contribution in [0.15, 0.2) is 42.5 Å². The lowest BCUT2D eigenvalue weighted by atomic mass is 10.1. The number of hydrogen-bond acceptors (Lipinski definition) is 3. The Kier molecular flexibility index (Phi) is 9.03. The zero-order valence-electron chi connectivity index (χ0n) is 19.1. The van der Waals surface area contributed by atoms with Gasteiger partial charge in [-0.25, -0.2) is 4.39 Å². The molecule has 0 radical (unpaired) electrons. The molecule has 2 amide bonds. The van der Waals surface area contributed by atoms with Gasteiger partial charge in [-0.05, 0) is 74.6 Å². The Morgan fingerprint density at radius 1 is 1.03 bits per heavy atom. The van der Waals surface area contributed by atoms with Gasteiger partial charge in [0.1, 0.15) is 17.6 Å². The molecule has 5 nitrogen and oxygen atoms in total. The second kappa shape index (κ2) is 11.5. The predicted molar refractivity (Wildman–Crippen MR) is 120 cm³/mol. The quantitative estimate of drug-likeness (QED) is 0.604. The van der Waals surface area contributed by atoms with E-state index in [9.17, 15) is 14.0 Å². The second-order valence-electron chi connectivity index (χ2n) is 8.00. The maximum atomic E-state index is 13.3. The average Bonchev–Trinajstić information content (AvgIpc) is 2.72. The molecule has 0 aliphatic carbocycles. The van der Waals surface area contributed by atoms with Crippen molar-refractivity contribution in [1.82, 2.24) is 10.2 Å². The van der Waals surface area contributed by atoms with Crippen molar-refractivity contribution in [1.29, 1.82) is 0 Å². The first-order valence-corrected chi connectivity index (χ1v) is 10.8. The Morgan fingerprint density at radius 2 is 1.65 bits per heavy atom. The molecule has 0 heterocycles. The summed E-state index contributed by atoms with van der Waals surface area (Å²) in [6.45, 7) is 9.74. The minimum Gasteiger partial charge on any atom is -0.484 e. The van der Waals surface area contributed by atoms with E-state index in [-0.39, 0.29) is 36.8 Å². The van der Waals surface area contributed by atoms with Gasteiger partial charge in [0, 0.05) is 12.6 Å². The van der Waals surface area contributed by atoms with E-state index in [1.165, 1.54) is 17.0 Å². The Bertz CT molecular complexity index is 863. The lowest BCUT2D eigenvalue weighted by Gasteiger charge is -2.31. The first kappa shape index (κ1) is 24.4. The molecule has 2 aromatic carbocycles. The molecule has 0 fully saturated rings. The zero-order valence-corrected chi connectivity index (χ0v) is 19.1. The van der Waals surface area contributed by atoms with Crippen LogP contribution >= 0.6 is 0 Å². The molecule has 2 aromatic rings. The van der Waals surface area contributed by atoms with Gasteiger partial charge in [-0.15, -0.1) is 0 Å². The van der Waals surface area contributed by atoms with Gasteiger partial charge in [-0.3, -0.25) is 9.59 Å². The van der Waals surface area contributed by atoms with Crippen LogP contribution in [0.2, 0.25) is 0 Å². The third-order valence-corrected chi connectivity index (χ3v) is 5.21. The number of carbonyl (C=O) groups is 2. The molecular formula is C25H33FN2O3. The van der Waals surface area contributed by atoms with E-state index in [2.05, 4.69) is 5.32 Å². The molecule has 0 aromatic heterocycles. The van der Waals surface area contributed by atoms with Gasteiger partial charge < -0.3 is 15.0 Å². The standard InChI is InChI=1S/C25H33FN2O3/c1-6-19(5)27-25(30)23(7-2)28(15-20-8-10-21(26)11-9-20)24(29)16-31-22-13-17(3)12-18(4)14-22/h8-14,19,23H,6-7,15-16H2,1-5H3,(H,27,30)/t19-,23+/m1/s1. The summed E-state index contributed by atoms with van der Waals surface area (Å²) < 4.78 is 19.1. The van der Waals surface area contributed by atoms with Crippen LogP contribution in [0.4, 0.5) is 4.39 Å². The summed E-state index contributed by atoms with van der Waals surface area (Å²) in [5, 5.41) is 2.97. The van der Waals surface area contributed by atoms with Crippen molar-refractivity contribution >= 4 is 11.8 Å². The number of aryl methyl sites for hydroxylation is 2. The number of hydrogen-bond donors (Lipinski definition) is 1. The van der Waals surface area contributed by atoms with Gasteiger partial charge in [0.05, 0.1) is 0 Å². The lowest BCUT2D eigenvalue weighted by Crippen LogP contribution is -2.51. The molecule has 0 unspecified atom stereocenters. The molecule has 31 heavy (non-hydrogen) atoms. The molecule has 2 rings (SSSR count). The highest BCUT2D eigenvalue weighted by Crippen LogP contribution is 2.18. The number of amides is 2. The number of nitrogens with one attached hydrogen (secondary N) is 1. The van der Waals surface area contributed by atoms with E-state index in [4.69, 9.17) is 4.74 Å². The van der Waals surface area contributed by atoms with Crippen LogP contribution in [0.25, 0.3) is 0 Å². The molecule has 0 aliphatic heterocycles. The summed E-state index contributed by atoms with van der Waals surface area (Å²) in [5.41, 5.74) is 2.84. The first-order valence-electron chi connectivity index (χ1n) is 10.8. The maximum Gasteiger partial charge on any atom is 0.261 e. The fourth-order valence-electron chi connectivity index (χ4n) is 3.39. The van der Waals surface area contributed by atoms with Crippen molar-refractivity contribution in [3.63, 3.8) is 0 Å². The fourth-order valence-corrected chi connectivity index (χ4v) is 3.39. The van der Waals surface area contributed by atoms with Gasteiger partial charge in [0.2, 0.25) is 5.91 Å². The van der Waals surface area contributed by atoms with E-state index >= 15 is 0 Å². The van der Waals surface area contributed by atoms with E-state index in [0.717, 1.165) is 23.1 Å². The van der Waals surface area contributed by atoms with Crippen LogP contribution in [0.5, 0.6) is 5.75 Å². The Hall–Kier alpha value is -2.89. The van der Waals surface area contributed by atoms with Gasteiger partial charge in [-0.2, -0.15) is 0 Å². The molecular weight excluding hydrogens is 395 g/mol. The highest BCUT2D eigenvalue weighted by molar-refractivity contribution is 5.88. The summed E-state index contributed by atoms with van der Waals surface area (Å²) >= 11 is 0. The normalized spacial score (nSPS) is 12.7. The van der Waals surface area contributed by atoms with Crippen molar-refractivity contribution in [3.8, 4) is 5.75 Å². The third-order valence-electron chi connectivity index (χ3n) is 5.21. The van der Waals surface area contributed by atoms with E-state index < -0.39 is 6.04 Å². The van der Waals surface area contributed by atoms with Crippen molar-refractivity contribution in [3.05, 3.63) is 65.0 Å². The smallest absolute Gasteiger partial charge is 0.261 e. The summed E-state index contributed by atoms with van der Waals surface area (Å²) in [6.07, 6.45) is 1.25. The third kappa shape index (κ3) is 7.39. The number of rotatable bonds is 10. The van der Waals surface area contributed by atoms with Crippen LogP contribution in [0.1, 0.15) is 50.3 Å². The van der Waals surface area contributed by atoms with Crippen molar-refractivity contribution in [2.24, 2.45) is 0 Å². The summed E-state index contributed by atoms with van der Waals surface area (Å²) in [7, 11) is 0. The molecule has 0 saturated heterocycles. The van der Waals surface area contributed by atoms with Crippen LogP contribution < -0.4 is 10.1 Å². The molecule has 1 N–H and O–H groups in total. The monoisotopic (exact) mass is 428 g/mol. The van der Waals surface area contributed by atoms with Crippen LogP contribution in [0.3, 0.4) is 0 Å². The SMILES string of the molecule is CC[C@@H](C)NC(=O)[C@H](CC)N(Cc1ccc(F)cc1)C(=O)COc1cc(C)cc(C)c1. The molecule has 0 aliphatic rings. The predicted octanol–water partition coefficient (Wildman–Crippen LogP) is 4.54. The minimum absolute atomic E-state index is 0.0100. The number of ether oxygens (including phenoxy) is 1. The van der Waals surface area contributed by atoms with Gasteiger partial charge in [0.25, 0.3) is 5.91 Å². The van der Waals surface area contributed by atoms with Crippen LogP contribution in [-0.4, -0.2) is 35.4 Å². The topological polar surface area (TPSA) is 58.6 Å². The molecule has 0 bridgehead atoms. The maximum absolute atomic E-state index is 13.3. The Labute approximate surface area is 184 Å². The van der Waals surface area contributed by atoms with Crippen molar-refractivity contribution < 1.29 is 18.7 Å².